The molecule has 1 N–H and O–H groups in total. The van der Waals surface area contributed by atoms with Crippen LogP contribution in [0.3, 0.4) is 0 Å². The predicted molar refractivity (Wildman–Crippen MR) is 78.5 cm³/mol. The number of carbonyl (C=O) groups is 1. The highest BCUT2D eigenvalue weighted by Crippen LogP contribution is 2.14. The number of nitrogens with zero attached hydrogens (tertiary/aromatic N) is 3. The van der Waals surface area contributed by atoms with Gasteiger partial charge >= 0.3 is 0 Å². The molecule has 1 atom stereocenters. The van der Waals surface area contributed by atoms with Crippen LogP contribution in [-0.2, 0) is 17.6 Å². The topological polar surface area (TPSA) is 67.8 Å². The Morgan fingerprint density at radius 2 is 2.25 bits per heavy atom. The van der Waals surface area contributed by atoms with E-state index < -0.39 is 0 Å². The fraction of sp³-hybridized carbons (Fsp3) is 0.429. The zero-order valence-corrected chi connectivity index (χ0v) is 12.5. The van der Waals surface area contributed by atoms with Crippen molar-refractivity contribution in [2.24, 2.45) is 0 Å². The van der Waals surface area contributed by atoms with Gasteiger partial charge in [-0.05, 0) is 20.3 Å². The predicted octanol–water partition coefficient (Wildman–Crippen LogP) is 1.92. The van der Waals surface area contributed by atoms with Gasteiger partial charge in [-0.1, -0.05) is 0 Å². The Hall–Kier alpha value is -1.82. The number of hydrogen-bond donors (Lipinski definition) is 1. The molecule has 0 saturated carbocycles. The lowest BCUT2D eigenvalue weighted by Gasteiger charge is -2.13. The molecule has 0 fully saturated rings. The fourth-order valence-corrected chi connectivity index (χ4v) is 2.72. The fourth-order valence-electron chi connectivity index (χ4n) is 1.94. The molecule has 0 spiro atoms. The normalized spacial score (nSPS) is 12.1. The van der Waals surface area contributed by atoms with Gasteiger partial charge in [0.25, 0.3) is 0 Å². The van der Waals surface area contributed by atoms with Gasteiger partial charge < -0.3 is 5.32 Å². The van der Waals surface area contributed by atoms with E-state index in [4.69, 9.17) is 0 Å². The maximum Gasteiger partial charge on any atom is 0.220 e. The van der Waals surface area contributed by atoms with Gasteiger partial charge in [-0.15, -0.1) is 11.3 Å². The highest BCUT2D eigenvalue weighted by molar-refractivity contribution is 7.09. The van der Waals surface area contributed by atoms with Gasteiger partial charge in [-0.3, -0.25) is 14.8 Å². The van der Waals surface area contributed by atoms with E-state index in [1.807, 2.05) is 19.4 Å². The van der Waals surface area contributed by atoms with Crippen molar-refractivity contribution < 1.29 is 4.79 Å². The van der Waals surface area contributed by atoms with Crippen molar-refractivity contribution in [2.75, 3.05) is 0 Å². The summed E-state index contributed by atoms with van der Waals surface area (Å²) in [6.07, 6.45) is 6.97. The van der Waals surface area contributed by atoms with Crippen molar-refractivity contribution >= 4 is 17.2 Å². The summed E-state index contributed by atoms with van der Waals surface area (Å²) in [5.41, 5.74) is 3.73. The molecule has 1 amide bonds. The second kappa shape index (κ2) is 7.09. The summed E-state index contributed by atoms with van der Waals surface area (Å²) >= 11 is 1.60. The number of hydrogen-bond acceptors (Lipinski definition) is 5. The average molecular weight is 290 g/mol. The first-order valence-electron chi connectivity index (χ1n) is 6.58. The lowest BCUT2D eigenvalue weighted by Crippen LogP contribution is -2.34. The Kier molecular flexibility index (Phi) is 5.17. The Balaban J connectivity index is 1.75. The average Bonchev–Trinajstić information content (AvgIpc) is 2.83. The van der Waals surface area contributed by atoms with Crippen molar-refractivity contribution in [1.82, 2.24) is 20.3 Å². The minimum Gasteiger partial charge on any atom is -0.353 e. The molecule has 2 rings (SSSR count). The summed E-state index contributed by atoms with van der Waals surface area (Å²) in [6.45, 7) is 3.95. The highest BCUT2D eigenvalue weighted by atomic mass is 32.1. The zero-order chi connectivity index (χ0) is 14.4. The smallest absolute Gasteiger partial charge is 0.220 e. The van der Waals surface area contributed by atoms with Crippen LogP contribution in [-0.4, -0.2) is 26.9 Å². The second-order valence-corrected chi connectivity index (χ2v) is 5.67. The molecule has 0 aliphatic rings. The molecule has 0 radical (unpaired) electrons. The third-order valence-corrected chi connectivity index (χ3v) is 3.96. The van der Waals surface area contributed by atoms with Gasteiger partial charge in [0.1, 0.15) is 0 Å². The van der Waals surface area contributed by atoms with Crippen LogP contribution in [0.5, 0.6) is 0 Å². The van der Waals surface area contributed by atoms with Gasteiger partial charge in [0, 0.05) is 42.4 Å². The summed E-state index contributed by atoms with van der Waals surface area (Å²) in [4.78, 5) is 25.5. The molecule has 2 aromatic heterocycles. The van der Waals surface area contributed by atoms with E-state index in [2.05, 4.69) is 20.3 Å². The molecular formula is C14H18N4OS. The number of aryl methyl sites for hydroxylation is 2. The van der Waals surface area contributed by atoms with E-state index in [1.165, 1.54) is 4.88 Å². The largest absolute Gasteiger partial charge is 0.353 e. The summed E-state index contributed by atoms with van der Waals surface area (Å²) in [5, 5.41) is 2.99. The molecule has 0 aliphatic heterocycles. The second-order valence-electron chi connectivity index (χ2n) is 4.73. The van der Waals surface area contributed by atoms with Crippen molar-refractivity contribution in [3.05, 3.63) is 40.4 Å². The first kappa shape index (κ1) is 14.6. The van der Waals surface area contributed by atoms with E-state index in [0.29, 0.717) is 12.8 Å². The number of thiazole rings is 1. The van der Waals surface area contributed by atoms with Gasteiger partial charge in [-0.25, -0.2) is 4.98 Å². The van der Waals surface area contributed by atoms with Crippen LogP contribution in [0.4, 0.5) is 0 Å². The number of nitrogens with one attached hydrogen (secondary N) is 1. The van der Waals surface area contributed by atoms with E-state index >= 15 is 0 Å². The standard InChI is InChI=1S/C14H18N4OS/c1-10(7-12-8-15-5-6-16-12)18-14(19)4-3-13-11(2)17-9-20-13/h5-6,8-10H,3-4,7H2,1-2H3,(H,18,19)/t10-/m1/s1. The third kappa shape index (κ3) is 4.38. The Labute approximate surface area is 122 Å². The summed E-state index contributed by atoms with van der Waals surface area (Å²) in [7, 11) is 0. The van der Waals surface area contributed by atoms with Crippen LogP contribution in [0.25, 0.3) is 0 Å². The maximum absolute atomic E-state index is 11.9. The first-order chi connectivity index (χ1) is 9.65. The molecule has 0 saturated heterocycles. The summed E-state index contributed by atoms with van der Waals surface area (Å²) < 4.78 is 0. The minimum absolute atomic E-state index is 0.0572. The molecule has 0 unspecified atom stereocenters. The van der Waals surface area contributed by atoms with Crippen molar-refractivity contribution in [1.29, 1.82) is 0 Å². The third-order valence-electron chi connectivity index (χ3n) is 2.96. The molecule has 0 bridgehead atoms. The van der Waals surface area contributed by atoms with Crippen LogP contribution in [0.1, 0.15) is 29.6 Å². The van der Waals surface area contributed by atoms with Crippen molar-refractivity contribution in [2.45, 2.75) is 39.2 Å². The van der Waals surface area contributed by atoms with Crippen molar-refractivity contribution in [3.63, 3.8) is 0 Å². The lowest BCUT2D eigenvalue weighted by atomic mass is 10.1. The maximum atomic E-state index is 11.9. The molecule has 2 heterocycles. The number of aromatic nitrogens is 3. The van der Waals surface area contributed by atoms with E-state index in [0.717, 1.165) is 17.8 Å². The highest BCUT2D eigenvalue weighted by Gasteiger charge is 2.10. The van der Waals surface area contributed by atoms with Gasteiger partial charge in [-0.2, -0.15) is 0 Å². The van der Waals surface area contributed by atoms with Crippen molar-refractivity contribution in [3.8, 4) is 0 Å². The van der Waals surface area contributed by atoms with Gasteiger partial charge in [0.2, 0.25) is 5.91 Å². The Morgan fingerprint density at radius 3 is 2.90 bits per heavy atom. The molecule has 5 nitrogen and oxygen atoms in total. The van der Waals surface area contributed by atoms with Gasteiger partial charge in [0.15, 0.2) is 0 Å². The van der Waals surface area contributed by atoms with E-state index in [-0.39, 0.29) is 11.9 Å². The zero-order valence-electron chi connectivity index (χ0n) is 11.7. The SMILES string of the molecule is Cc1ncsc1CCC(=O)N[C@H](C)Cc1cnccn1. The summed E-state index contributed by atoms with van der Waals surface area (Å²) in [5.74, 6) is 0.0641. The molecule has 2 aromatic rings. The minimum atomic E-state index is 0.0572. The summed E-state index contributed by atoms with van der Waals surface area (Å²) in [6, 6.07) is 0.0572. The van der Waals surface area contributed by atoms with Crippen LogP contribution in [0.2, 0.25) is 0 Å². The lowest BCUT2D eigenvalue weighted by molar-refractivity contribution is -0.121. The Morgan fingerprint density at radius 1 is 1.40 bits per heavy atom. The first-order valence-corrected chi connectivity index (χ1v) is 7.46. The number of rotatable bonds is 6. The molecule has 0 aliphatic carbocycles. The molecule has 20 heavy (non-hydrogen) atoms. The van der Waals surface area contributed by atoms with E-state index in [9.17, 15) is 4.79 Å². The van der Waals surface area contributed by atoms with Gasteiger partial charge in [0.05, 0.1) is 16.9 Å². The van der Waals surface area contributed by atoms with Crippen LogP contribution in [0, 0.1) is 6.92 Å². The molecule has 6 heteroatoms. The monoisotopic (exact) mass is 290 g/mol. The van der Waals surface area contributed by atoms with Crippen LogP contribution < -0.4 is 5.32 Å². The van der Waals surface area contributed by atoms with Crippen LogP contribution in [0.15, 0.2) is 24.1 Å². The van der Waals surface area contributed by atoms with Crippen LogP contribution >= 0.6 is 11.3 Å². The quantitative estimate of drug-likeness (QED) is 0.882. The van der Waals surface area contributed by atoms with E-state index in [1.54, 1.807) is 29.9 Å². The molecule has 106 valence electrons. The molecular weight excluding hydrogens is 272 g/mol. The Bertz CT molecular complexity index is 555. The number of amides is 1. The number of carbonyl (C=O) groups excluding carboxylic acids is 1. The molecule has 0 aromatic carbocycles.